The van der Waals surface area contributed by atoms with E-state index in [4.69, 9.17) is 4.98 Å². The number of hydrogen-bond donors (Lipinski definition) is 0. The molecule has 0 radical (unpaired) electrons. The van der Waals surface area contributed by atoms with Crippen LogP contribution in [0.5, 0.6) is 0 Å². The van der Waals surface area contributed by atoms with E-state index in [9.17, 15) is 0 Å². The SMILES string of the molecule is CCc1cnc2c3ccc(C)c(-c4ccccc4C)c3c3cc(C)cc(C)c3n12. The minimum atomic E-state index is 0.964. The maximum absolute atomic E-state index is 4.88. The van der Waals surface area contributed by atoms with Crippen LogP contribution in [0, 0.1) is 27.7 Å². The first kappa shape index (κ1) is 17.9. The Bertz CT molecular complexity index is 1420. The molecule has 5 aromatic rings. The quantitative estimate of drug-likeness (QED) is 0.299. The van der Waals surface area contributed by atoms with Crippen LogP contribution in [-0.2, 0) is 6.42 Å². The molecule has 2 aromatic heterocycles. The summed E-state index contributed by atoms with van der Waals surface area (Å²) in [4.78, 5) is 4.88. The van der Waals surface area contributed by atoms with E-state index in [1.807, 2.05) is 6.20 Å². The average molecular weight is 379 g/mol. The molecule has 0 atom stereocenters. The van der Waals surface area contributed by atoms with Crippen molar-refractivity contribution in [3.63, 3.8) is 0 Å². The molecule has 0 aliphatic heterocycles. The maximum atomic E-state index is 4.88. The molecule has 2 nitrogen and oxygen atoms in total. The number of aromatic nitrogens is 2. The molecule has 0 spiro atoms. The zero-order chi connectivity index (χ0) is 20.3. The molecule has 0 saturated carbocycles. The third kappa shape index (κ3) is 2.52. The van der Waals surface area contributed by atoms with Crippen LogP contribution in [0.3, 0.4) is 0 Å². The van der Waals surface area contributed by atoms with E-state index in [-0.39, 0.29) is 0 Å². The number of pyridine rings is 1. The monoisotopic (exact) mass is 378 g/mol. The van der Waals surface area contributed by atoms with E-state index in [0.717, 1.165) is 12.1 Å². The molecule has 2 heterocycles. The molecule has 0 aliphatic carbocycles. The summed E-state index contributed by atoms with van der Waals surface area (Å²) in [7, 11) is 0. The summed E-state index contributed by atoms with van der Waals surface area (Å²) in [6.45, 7) is 11.1. The van der Waals surface area contributed by atoms with E-state index in [2.05, 4.69) is 87.6 Å². The average Bonchev–Trinajstić information content (AvgIpc) is 3.12. The molecule has 0 amide bonds. The van der Waals surface area contributed by atoms with Crippen molar-refractivity contribution in [1.29, 1.82) is 0 Å². The summed E-state index contributed by atoms with van der Waals surface area (Å²) < 4.78 is 2.38. The standard InChI is InChI=1S/C27H26N2/c1-6-20-15-28-27-22-12-11-18(4)24(21-10-8-7-9-17(21)3)25(22)23-14-16(2)13-19(5)26(23)29(20)27/h7-15H,6H2,1-5H3. The van der Waals surface area contributed by atoms with Gasteiger partial charge in [0.15, 0.2) is 0 Å². The van der Waals surface area contributed by atoms with Crippen LogP contribution in [0.2, 0.25) is 0 Å². The van der Waals surface area contributed by atoms with Gasteiger partial charge in [-0.1, -0.05) is 55.0 Å². The van der Waals surface area contributed by atoms with Gasteiger partial charge in [-0.25, -0.2) is 4.98 Å². The number of nitrogens with zero attached hydrogens (tertiary/aromatic N) is 2. The van der Waals surface area contributed by atoms with Crippen molar-refractivity contribution < 1.29 is 0 Å². The van der Waals surface area contributed by atoms with Crippen molar-refractivity contribution in [2.45, 2.75) is 41.0 Å². The highest BCUT2D eigenvalue weighted by Gasteiger charge is 2.19. The Morgan fingerprint density at radius 1 is 0.828 bits per heavy atom. The first-order valence-electron chi connectivity index (χ1n) is 10.4. The fourth-order valence-electron chi connectivity index (χ4n) is 4.90. The molecule has 0 aliphatic rings. The van der Waals surface area contributed by atoms with Crippen LogP contribution < -0.4 is 0 Å². The van der Waals surface area contributed by atoms with Crippen LogP contribution in [0.1, 0.15) is 34.9 Å². The lowest BCUT2D eigenvalue weighted by atomic mass is 9.89. The Morgan fingerprint density at radius 3 is 2.38 bits per heavy atom. The maximum Gasteiger partial charge on any atom is 0.145 e. The predicted octanol–water partition coefficient (Wildman–Crippen LogP) is 7.10. The second-order valence-electron chi connectivity index (χ2n) is 8.24. The molecule has 144 valence electrons. The minimum Gasteiger partial charge on any atom is -0.296 e. The van der Waals surface area contributed by atoms with E-state index >= 15 is 0 Å². The largest absolute Gasteiger partial charge is 0.296 e. The number of imidazole rings is 1. The Kier molecular flexibility index (Phi) is 3.99. The first-order valence-corrected chi connectivity index (χ1v) is 10.4. The van der Waals surface area contributed by atoms with Gasteiger partial charge in [0.1, 0.15) is 5.65 Å². The smallest absolute Gasteiger partial charge is 0.145 e. The van der Waals surface area contributed by atoms with Gasteiger partial charge in [-0.2, -0.15) is 0 Å². The zero-order valence-corrected chi connectivity index (χ0v) is 17.8. The van der Waals surface area contributed by atoms with Gasteiger partial charge in [0, 0.05) is 28.0 Å². The lowest BCUT2D eigenvalue weighted by molar-refractivity contribution is 1.02. The molecule has 0 unspecified atom stereocenters. The van der Waals surface area contributed by atoms with Crippen LogP contribution in [0.25, 0.3) is 38.4 Å². The highest BCUT2D eigenvalue weighted by atomic mass is 15.0. The van der Waals surface area contributed by atoms with Gasteiger partial charge >= 0.3 is 0 Å². The highest BCUT2D eigenvalue weighted by molar-refractivity contribution is 6.19. The number of fused-ring (bicyclic) bond motifs is 6. The van der Waals surface area contributed by atoms with Gasteiger partial charge in [0.05, 0.1) is 5.52 Å². The molecule has 0 bridgehead atoms. The highest BCUT2D eigenvalue weighted by Crippen LogP contribution is 2.41. The van der Waals surface area contributed by atoms with Gasteiger partial charge < -0.3 is 0 Å². The van der Waals surface area contributed by atoms with Crippen molar-refractivity contribution in [3.05, 3.63) is 82.7 Å². The van der Waals surface area contributed by atoms with E-state index in [1.165, 1.54) is 60.8 Å². The van der Waals surface area contributed by atoms with Crippen LogP contribution in [0.4, 0.5) is 0 Å². The van der Waals surface area contributed by atoms with E-state index in [1.54, 1.807) is 0 Å². The van der Waals surface area contributed by atoms with Crippen LogP contribution in [-0.4, -0.2) is 9.38 Å². The van der Waals surface area contributed by atoms with Crippen molar-refractivity contribution in [2.24, 2.45) is 0 Å². The summed E-state index contributed by atoms with van der Waals surface area (Å²) in [5.41, 5.74) is 11.5. The van der Waals surface area contributed by atoms with Crippen molar-refractivity contribution >= 4 is 27.3 Å². The van der Waals surface area contributed by atoms with Crippen LogP contribution >= 0.6 is 0 Å². The summed E-state index contributed by atoms with van der Waals surface area (Å²) in [5.74, 6) is 0. The normalized spacial score (nSPS) is 11.8. The minimum absolute atomic E-state index is 0.964. The molecule has 29 heavy (non-hydrogen) atoms. The third-order valence-electron chi connectivity index (χ3n) is 6.20. The molecule has 0 saturated heterocycles. The molecule has 2 heteroatoms. The van der Waals surface area contributed by atoms with Crippen molar-refractivity contribution in [1.82, 2.24) is 9.38 Å². The van der Waals surface area contributed by atoms with Gasteiger partial charge in [0.25, 0.3) is 0 Å². The Hall–Kier alpha value is -3.13. The summed E-state index contributed by atoms with van der Waals surface area (Å²) in [6, 6.07) is 17.9. The van der Waals surface area contributed by atoms with Gasteiger partial charge in [-0.15, -0.1) is 0 Å². The fraction of sp³-hybridized carbons (Fsp3) is 0.222. The van der Waals surface area contributed by atoms with Crippen molar-refractivity contribution in [3.8, 4) is 11.1 Å². The molecule has 0 fully saturated rings. The fourth-order valence-corrected chi connectivity index (χ4v) is 4.90. The van der Waals surface area contributed by atoms with E-state index in [0.29, 0.717) is 0 Å². The molecular weight excluding hydrogens is 352 g/mol. The van der Waals surface area contributed by atoms with Crippen LogP contribution in [0.15, 0.2) is 54.7 Å². The number of benzene rings is 3. The summed E-state index contributed by atoms with van der Waals surface area (Å²) in [6.07, 6.45) is 3.01. The second-order valence-corrected chi connectivity index (χ2v) is 8.24. The van der Waals surface area contributed by atoms with Gasteiger partial charge in [0.2, 0.25) is 0 Å². The van der Waals surface area contributed by atoms with Gasteiger partial charge in [-0.05, 0) is 68.0 Å². The van der Waals surface area contributed by atoms with E-state index < -0.39 is 0 Å². The third-order valence-corrected chi connectivity index (χ3v) is 6.20. The first-order chi connectivity index (χ1) is 14.0. The second kappa shape index (κ2) is 6.45. The topological polar surface area (TPSA) is 17.3 Å². The predicted molar refractivity (Wildman–Crippen MR) is 124 cm³/mol. The Morgan fingerprint density at radius 2 is 1.62 bits per heavy atom. The number of aryl methyl sites for hydroxylation is 5. The lowest BCUT2D eigenvalue weighted by Gasteiger charge is -2.19. The number of hydrogen-bond acceptors (Lipinski definition) is 1. The molecular formula is C27H26N2. The Labute approximate surface area is 171 Å². The molecule has 5 rings (SSSR count). The zero-order valence-electron chi connectivity index (χ0n) is 17.8. The van der Waals surface area contributed by atoms with Crippen molar-refractivity contribution in [2.75, 3.05) is 0 Å². The number of rotatable bonds is 2. The molecule has 0 N–H and O–H groups in total. The summed E-state index contributed by atoms with van der Waals surface area (Å²) >= 11 is 0. The summed E-state index contributed by atoms with van der Waals surface area (Å²) in [5, 5.41) is 3.87. The van der Waals surface area contributed by atoms with Gasteiger partial charge in [-0.3, -0.25) is 4.40 Å². The Balaban J connectivity index is 2.14. The lowest BCUT2D eigenvalue weighted by Crippen LogP contribution is -2.00. The molecule has 3 aromatic carbocycles.